The molecule has 18 heavy (non-hydrogen) atoms. The molecule has 0 aliphatic carbocycles. The minimum absolute atomic E-state index is 0.0997. The van der Waals surface area contributed by atoms with Gasteiger partial charge in [-0.25, -0.2) is 8.42 Å². The van der Waals surface area contributed by atoms with Crippen molar-refractivity contribution in [2.45, 2.75) is 36.2 Å². The molecule has 0 spiro atoms. The molecule has 1 N–H and O–H groups in total. The first-order chi connectivity index (χ1) is 8.59. The summed E-state index contributed by atoms with van der Waals surface area (Å²) in [6.45, 7) is 1.66. The van der Waals surface area contributed by atoms with Gasteiger partial charge in [0.15, 0.2) is 0 Å². The van der Waals surface area contributed by atoms with Crippen LogP contribution in [0.2, 0.25) is 0 Å². The average molecular weight is 270 g/mol. The number of rotatable bonds is 2. The summed E-state index contributed by atoms with van der Waals surface area (Å²) < 4.78 is 28.6. The second-order valence-electron chi connectivity index (χ2n) is 5.06. The molecule has 0 amide bonds. The maximum absolute atomic E-state index is 12.7. The van der Waals surface area contributed by atoms with Gasteiger partial charge in [-0.15, -0.1) is 0 Å². The predicted molar refractivity (Wildman–Crippen MR) is 66.5 cm³/mol. The van der Waals surface area contributed by atoms with Gasteiger partial charge in [0.25, 0.3) is 0 Å². The summed E-state index contributed by atoms with van der Waals surface area (Å²) in [7, 11) is -1.66. The van der Waals surface area contributed by atoms with Crippen LogP contribution in [0.3, 0.4) is 0 Å². The molecule has 100 valence electrons. The van der Waals surface area contributed by atoms with E-state index in [1.165, 1.54) is 10.9 Å². The summed E-state index contributed by atoms with van der Waals surface area (Å²) in [4.78, 5) is 0.309. The summed E-state index contributed by atoms with van der Waals surface area (Å²) in [6.07, 6.45) is 5.85. The number of aromatic nitrogens is 2. The largest absolute Gasteiger partial charge is 0.315 e. The highest BCUT2D eigenvalue weighted by Crippen LogP contribution is 2.33. The highest BCUT2D eigenvalue weighted by atomic mass is 32.2. The Balaban J connectivity index is 1.98. The lowest BCUT2D eigenvalue weighted by atomic mass is 10.1. The smallest absolute Gasteiger partial charge is 0.246 e. The van der Waals surface area contributed by atoms with Crippen LogP contribution in [0, 0.1) is 0 Å². The molecule has 3 rings (SSSR count). The fourth-order valence-electron chi connectivity index (χ4n) is 2.98. The first-order valence-corrected chi connectivity index (χ1v) is 7.76. The summed E-state index contributed by atoms with van der Waals surface area (Å²) in [5.41, 5.74) is 0. The van der Waals surface area contributed by atoms with E-state index in [1.807, 2.05) is 0 Å². The molecular formula is C11H18N4O2S. The Morgan fingerprint density at radius 1 is 1.33 bits per heavy atom. The number of nitrogens with zero attached hydrogens (tertiary/aromatic N) is 3. The lowest BCUT2D eigenvalue weighted by molar-refractivity contribution is 0.334. The van der Waals surface area contributed by atoms with Gasteiger partial charge in [0.05, 0.1) is 6.20 Å². The van der Waals surface area contributed by atoms with Gasteiger partial charge in [-0.3, -0.25) is 4.68 Å². The van der Waals surface area contributed by atoms with Gasteiger partial charge in [0.2, 0.25) is 10.0 Å². The Bertz CT molecular complexity index is 525. The standard InChI is InChI=1S/C11H18N4O2S/c1-14-8-11(7-13-14)18(16,17)15-9-2-3-10(15)6-12-5-4-9/h7-10,12H,2-6H2,1H3. The van der Waals surface area contributed by atoms with Crippen LogP contribution in [-0.2, 0) is 17.1 Å². The second-order valence-corrected chi connectivity index (χ2v) is 6.91. The summed E-state index contributed by atoms with van der Waals surface area (Å²) in [5, 5.41) is 7.28. The number of aryl methyl sites for hydroxylation is 1. The molecule has 3 heterocycles. The normalized spacial score (nSPS) is 29.4. The van der Waals surface area contributed by atoms with Crippen molar-refractivity contribution in [2.24, 2.45) is 7.05 Å². The molecule has 2 fully saturated rings. The van der Waals surface area contributed by atoms with Crippen LogP contribution in [0.5, 0.6) is 0 Å². The van der Waals surface area contributed by atoms with Crippen LogP contribution in [0.15, 0.2) is 17.3 Å². The monoisotopic (exact) mass is 270 g/mol. The maximum atomic E-state index is 12.7. The van der Waals surface area contributed by atoms with Crippen molar-refractivity contribution in [1.82, 2.24) is 19.4 Å². The molecule has 2 atom stereocenters. The van der Waals surface area contributed by atoms with Crippen molar-refractivity contribution in [3.8, 4) is 0 Å². The summed E-state index contributed by atoms with van der Waals surface area (Å²) in [5.74, 6) is 0. The number of hydrogen-bond donors (Lipinski definition) is 1. The van der Waals surface area contributed by atoms with Crippen LogP contribution in [0.25, 0.3) is 0 Å². The van der Waals surface area contributed by atoms with Gasteiger partial charge in [-0.05, 0) is 25.8 Å². The topological polar surface area (TPSA) is 67.2 Å². The Morgan fingerprint density at radius 3 is 2.83 bits per heavy atom. The van der Waals surface area contributed by atoms with E-state index in [1.54, 1.807) is 17.5 Å². The molecule has 0 aromatic carbocycles. The first-order valence-electron chi connectivity index (χ1n) is 6.32. The highest BCUT2D eigenvalue weighted by molar-refractivity contribution is 7.89. The molecule has 2 aliphatic rings. The Morgan fingerprint density at radius 2 is 2.11 bits per heavy atom. The van der Waals surface area contributed by atoms with Gasteiger partial charge in [-0.1, -0.05) is 0 Å². The third-order valence-corrected chi connectivity index (χ3v) is 5.80. The minimum atomic E-state index is -3.39. The minimum Gasteiger partial charge on any atom is -0.315 e. The van der Waals surface area contributed by atoms with Gasteiger partial charge in [0.1, 0.15) is 4.90 Å². The zero-order valence-corrected chi connectivity index (χ0v) is 11.2. The van der Waals surface area contributed by atoms with Crippen LogP contribution in [0.1, 0.15) is 19.3 Å². The molecule has 0 saturated carbocycles. The molecular weight excluding hydrogens is 252 g/mol. The number of sulfonamides is 1. The summed E-state index contributed by atoms with van der Waals surface area (Å²) in [6, 6.07) is 0.248. The van der Waals surface area contributed by atoms with E-state index in [4.69, 9.17) is 0 Å². The van der Waals surface area contributed by atoms with Crippen molar-refractivity contribution in [3.05, 3.63) is 12.4 Å². The fourth-order valence-corrected chi connectivity index (χ4v) is 4.87. The zero-order valence-electron chi connectivity index (χ0n) is 10.4. The van der Waals surface area contributed by atoms with E-state index in [0.29, 0.717) is 4.90 Å². The highest BCUT2D eigenvalue weighted by Gasteiger charge is 2.43. The molecule has 1 aromatic rings. The molecule has 6 nitrogen and oxygen atoms in total. The van der Waals surface area contributed by atoms with Crippen LogP contribution >= 0.6 is 0 Å². The van der Waals surface area contributed by atoms with Crippen molar-refractivity contribution in [3.63, 3.8) is 0 Å². The molecule has 2 unspecified atom stereocenters. The van der Waals surface area contributed by atoms with Gasteiger partial charge < -0.3 is 5.32 Å². The number of nitrogens with one attached hydrogen (secondary N) is 1. The van der Waals surface area contributed by atoms with Crippen molar-refractivity contribution in [1.29, 1.82) is 0 Å². The van der Waals surface area contributed by atoms with Gasteiger partial charge in [-0.2, -0.15) is 9.40 Å². The lowest BCUT2D eigenvalue weighted by Gasteiger charge is -2.26. The Labute approximate surface area is 107 Å². The summed E-state index contributed by atoms with van der Waals surface area (Å²) >= 11 is 0. The van der Waals surface area contributed by atoms with Gasteiger partial charge in [0, 0.05) is 31.9 Å². The van der Waals surface area contributed by atoms with E-state index in [0.717, 1.165) is 32.4 Å². The first kappa shape index (κ1) is 12.1. The lowest BCUT2D eigenvalue weighted by Crippen LogP contribution is -2.42. The third kappa shape index (κ3) is 1.86. The Kier molecular flexibility index (Phi) is 2.91. The van der Waals surface area contributed by atoms with Crippen molar-refractivity contribution >= 4 is 10.0 Å². The van der Waals surface area contributed by atoms with E-state index < -0.39 is 10.0 Å². The van der Waals surface area contributed by atoms with Crippen molar-refractivity contribution < 1.29 is 8.42 Å². The number of fused-ring (bicyclic) bond motifs is 2. The zero-order chi connectivity index (χ0) is 12.8. The maximum Gasteiger partial charge on any atom is 0.246 e. The molecule has 0 radical (unpaired) electrons. The van der Waals surface area contributed by atoms with E-state index >= 15 is 0 Å². The van der Waals surface area contributed by atoms with E-state index in [-0.39, 0.29) is 12.1 Å². The van der Waals surface area contributed by atoms with E-state index in [9.17, 15) is 8.42 Å². The van der Waals surface area contributed by atoms with Crippen molar-refractivity contribution in [2.75, 3.05) is 13.1 Å². The van der Waals surface area contributed by atoms with Crippen LogP contribution < -0.4 is 5.32 Å². The average Bonchev–Trinajstić information content (AvgIpc) is 2.82. The molecule has 2 bridgehead atoms. The molecule has 2 saturated heterocycles. The predicted octanol–water partition coefficient (Wildman–Crippen LogP) is -0.0649. The quantitative estimate of drug-likeness (QED) is 0.817. The molecule has 2 aliphatic heterocycles. The van der Waals surface area contributed by atoms with Crippen LogP contribution in [0.4, 0.5) is 0 Å². The van der Waals surface area contributed by atoms with Crippen LogP contribution in [-0.4, -0.2) is 47.7 Å². The third-order valence-electron chi connectivity index (χ3n) is 3.84. The number of hydrogen-bond acceptors (Lipinski definition) is 4. The fraction of sp³-hybridized carbons (Fsp3) is 0.727. The van der Waals surface area contributed by atoms with Gasteiger partial charge >= 0.3 is 0 Å². The Hall–Kier alpha value is -0.920. The van der Waals surface area contributed by atoms with E-state index in [2.05, 4.69) is 10.4 Å². The second kappa shape index (κ2) is 4.32. The molecule has 7 heteroatoms. The molecule has 1 aromatic heterocycles. The SMILES string of the molecule is Cn1cc(S(=O)(=O)N2C3CCNCC2CC3)cn1.